The topological polar surface area (TPSA) is 90.3 Å². The van der Waals surface area contributed by atoms with Gasteiger partial charge in [-0.25, -0.2) is 4.68 Å². The molecule has 1 aliphatic rings. The summed E-state index contributed by atoms with van der Waals surface area (Å²) in [6, 6.07) is 16.2. The molecule has 5 rings (SSSR count). The molecule has 0 aliphatic carbocycles. The monoisotopic (exact) mass is 715 g/mol. The van der Waals surface area contributed by atoms with Crippen LogP contribution in [0.2, 0.25) is 10.0 Å². The number of amides is 1. The molecule has 0 fully saturated rings. The van der Waals surface area contributed by atoms with Crippen LogP contribution in [-0.2, 0) is 11.4 Å². The molecule has 0 saturated carbocycles. The predicted molar refractivity (Wildman–Crippen MR) is 181 cm³/mol. The number of nitrogens with one attached hydrogen (secondary N) is 2. The molecule has 0 spiro atoms. The number of nitrogens with zero attached hydrogens (tertiary/aromatic N) is 3. The maximum atomic E-state index is 14.0. The number of hydrogen-bond acceptors (Lipinski definition) is 7. The molecule has 3 aromatic carbocycles. The summed E-state index contributed by atoms with van der Waals surface area (Å²) in [6.07, 6.45) is 0.986. The van der Waals surface area contributed by atoms with E-state index in [4.69, 9.17) is 42.8 Å². The van der Waals surface area contributed by atoms with Crippen LogP contribution in [0.25, 0.3) is 0 Å². The summed E-state index contributed by atoms with van der Waals surface area (Å²) in [5.74, 6) is 2.22. The summed E-state index contributed by atoms with van der Waals surface area (Å²) in [4.78, 5) is 18.7. The highest BCUT2D eigenvalue weighted by Gasteiger charge is 2.35. The minimum atomic E-state index is -0.603. The molecule has 0 saturated heterocycles. The summed E-state index contributed by atoms with van der Waals surface area (Å²) < 4.78 is 14.7. The van der Waals surface area contributed by atoms with Crippen molar-refractivity contribution in [2.45, 2.75) is 51.9 Å². The fourth-order valence-electron chi connectivity index (χ4n) is 4.83. The summed E-state index contributed by atoms with van der Waals surface area (Å²) in [7, 11) is 0. The van der Waals surface area contributed by atoms with Gasteiger partial charge in [0.25, 0.3) is 5.91 Å². The van der Waals surface area contributed by atoms with Gasteiger partial charge in [0.1, 0.15) is 12.6 Å². The Hall–Kier alpha value is -3.18. The van der Waals surface area contributed by atoms with Gasteiger partial charge in [-0.2, -0.15) is 4.98 Å². The number of carbonyl (C=O) groups excluding carboxylic acids is 1. The Morgan fingerprint density at radius 2 is 1.91 bits per heavy atom. The summed E-state index contributed by atoms with van der Waals surface area (Å²) in [5, 5.41) is 12.9. The Balaban J connectivity index is 1.57. The van der Waals surface area contributed by atoms with Crippen LogP contribution < -0.4 is 20.1 Å². The van der Waals surface area contributed by atoms with E-state index in [0.29, 0.717) is 55.0 Å². The van der Waals surface area contributed by atoms with Gasteiger partial charge in [-0.1, -0.05) is 66.2 Å². The normalized spacial score (nSPS) is 14.2. The van der Waals surface area contributed by atoms with Crippen molar-refractivity contribution in [1.29, 1.82) is 0 Å². The standard InChI is InChI=1S/C32H32BrCl2N5O3S/c1-5-13-44-32-38-31-36-19(4)27(30(41)37-25-10-8-7-9-18(25)3)28(40(31)39-32)21-14-23(33)29(26(15-21)42-6-2)43-17-20-11-12-22(34)16-24(20)35/h7-12,14-16,28H,5-6,13,17H2,1-4H3,(H,37,41)(H,36,38,39). The van der Waals surface area contributed by atoms with Crippen LogP contribution in [0.3, 0.4) is 0 Å². The maximum absolute atomic E-state index is 14.0. The average Bonchev–Trinajstić information content (AvgIpc) is 3.39. The number of anilines is 2. The van der Waals surface area contributed by atoms with E-state index in [1.54, 1.807) is 28.6 Å². The summed E-state index contributed by atoms with van der Waals surface area (Å²) in [6.45, 7) is 8.46. The van der Waals surface area contributed by atoms with E-state index in [1.807, 2.05) is 63.2 Å². The zero-order valence-corrected chi connectivity index (χ0v) is 28.6. The van der Waals surface area contributed by atoms with Gasteiger partial charge in [0, 0.05) is 32.7 Å². The highest BCUT2D eigenvalue weighted by atomic mass is 79.9. The van der Waals surface area contributed by atoms with Crippen LogP contribution in [0.4, 0.5) is 11.6 Å². The Bertz CT molecular complexity index is 1730. The van der Waals surface area contributed by atoms with Crippen molar-refractivity contribution < 1.29 is 14.3 Å². The number of hydrogen-bond donors (Lipinski definition) is 2. The van der Waals surface area contributed by atoms with E-state index in [2.05, 4.69) is 33.5 Å². The van der Waals surface area contributed by atoms with Gasteiger partial charge >= 0.3 is 0 Å². The van der Waals surface area contributed by atoms with Crippen molar-refractivity contribution in [3.05, 3.63) is 97.1 Å². The zero-order valence-electron chi connectivity index (χ0n) is 24.7. The molecule has 0 radical (unpaired) electrons. The number of thioether (sulfide) groups is 1. The van der Waals surface area contributed by atoms with Gasteiger partial charge in [0.05, 0.1) is 16.7 Å². The van der Waals surface area contributed by atoms with Crippen molar-refractivity contribution in [3.8, 4) is 11.5 Å². The van der Waals surface area contributed by atoms with Crippen molar-refractivity contribution in [2.75, 3.05) is 23.0 Å². The molecule has 12 heteroatoms. The highest BCUT2D eigenvalue weighted by molar-refractivity contribution is 9.10. The Labute approximate surface area is 279 Å². The number of ether oxygens (including phenoxy) is 2. The van der Waals surface area contributed by atoms with E-state index < -0.39 is 6.04 Å². The van der Waals surface area contributed by atoms with E-state index in [0.717, 1.165) is 34.6 Å². The molecule has 1 amide bonds. The van der Waals surface area contributed by atoms with E-state index in [-0.39, 0.29) is 12.5 Å². The first-order chi connectivity index (χ1) is 21.2. The lowest BCUT2D eigenvalue weighted by atomic mass is 9.94. The molecule has 2 heterocycles. The summed E-state index contributed by atoms with van der Waals surface area (Å²) >= 11 is 17.8. The fourth-order valence-corrected chi connectivity index (χ4v) is 6.55. The molecule has 44 heavy (non-hydrogen) atoms. The quantitative estimate of drug-likeness (QED) is 0.150. The minimum Gasteiger partial charge on any atom is -0.490 e. The third-order valence-electron chi connectivity index (χ3n) is 6.94. The van der Waals surface area contributed by atoms with Crippen LogP contribution in [0.5, 0.6) is 11.5 Å². The van der Waals surface area contributed by atoms with Crippen molar-refractivity contribution >= 4 is 68.4 Å². The molecule has 1 atom stereocenters. The second-order valence-corrected chi connectivity index (χ2v) is 12.9. The van der Waals surface area contributed by atoms with E-state index in [9.17, 15) is 4.79 Å². The third-order valence-corrected chi connectivity index (χ3v) is 9.16. The molecule has 1 aliphatic heterocycles. The highest BCUT2D eigenvalue weighted by Crippen LogP contribution is 2.44. The zero-order chi connectivity index (χ0) is 31.4. The first-order valence-corrected chi connectivity index (χ1v) is 16.7. The lowest BCUT2D eigenvalue weighted by Crippen LogP contribution is -2.31. The van der Waals surface area contributed by atoms with Crippen molar-refractivity contribution in [1.82, 2.24) is 14.8 Å². The molecular weight excluding hydrogens is 685 g/mol. The number of carbonyl (C=O) groups is 1. The Kier molecular flexibility index (Phi) is 10.5. The molecule has 4 aromatic rings. The predicted octanol–water partition coefficient (Wildman–Crippen LogP) is 9.06. The number of allylic oxidation sites excluding steroid dienone is 1. The summed E-state index contributed by atoms with van der Waals surface area (Å²) in [5.41, 5.74) is 4.44. The number of aromatic nitrogens is 3. The third kappa shape index (κ3) is 7.04. The smallest absolute Gasteiger partial charge is 0.255 e. The molecule has 1 aromatic heterocycles. The van der Waals surface area contributed by atoms with Crippen LogP contribution in [0.15, 0.2) is 75.5 Å². The molecule has 230 valence electrons. The number of para-hydroxylation sites is 1. The second kappa shape index (κ2) is 14.3. The van der Waals surface area contributed by atoms with Crippen molar-refractivity contribution in [3.63, 3.8) is 0 Å². The molecule has 1 unspecified atom stereocenters. The molecule has 8 nitrogen and oxygen atoms in total. The number of benzene rings is 3. The van der Waals surface area contributed by atoms with Crippen LogP contribution in [0, 0.1) is 6.92 Å². The molecular formula is C32H32BrCl2N5O3S. The number of rotatable bonds is 11. The maximum Gasteiger partial charge on any atom is 0.255 e. The Morgan fingerprint density at radius 3 is 2.64 bits per heavy atom. The molecule has 0 bridgehead atoms. The first-order valence-electron chi connectivity index (χ1n) is 14.2. The van der Waals surface area contributed by atoms with Gasteiger partial charge in [-0.3, -0.25) is 4.79 Å². The SMILES string of the molecule is CCCSc1nc2n(n1)C(c1cc(Br)c(OCc3ccc(Cl)cc3Cl)c(OCC)c1)C(C(=O)Nc1ccccc1C)=C(C)N2. The number of aryl methyl sites for hydroxylation is 1. The minimum absolute atomic E-state index is 0.204. The van der Waals surface area contributed by atoms with Gasteiger partial charge in [0.15, 0.2) is 11.5 Å². The molecule has 2 N–H and O–H groups in total. The lowest BCUT2D eigenvalue weighted by molar-refractivity contribution is -0.113. The van der Waals surface area contributed by atoms with Gasteiger partial charge in [-0.15, -0.1) is 5.10 Å². The second-order valence-electron chi connectivity index (χ2n) is 10.1. The largest absolute Gasteiger partial charge is 0.490 e. The first kappa shape index (κ1) is 32.2. The van der Waals surface area contributed by atoms with E-state index >= 15 is 0 Å². The Morgan fingerprint density at radius 1 is 1.11 bits per heavy atom. The van der Waals surface area contributed by atoms with Crippen LogP contribution >= 0.6 is 50.9 Å². The number of fused-ring (bicyclic) bond motifs is 1. The van der Waals surface area contributed by atoms with Crippen LogP contribution in [0.1, 0.15) is 49.9 Å². The number of halogens is 3. The van der Waals surface area contributed by atoms with Crippen LogP contribution in [-0.4, -0.2) is 33.0 Å². The van der Waals surface area contributed by atoms with Crippen molar-refractivity contribution in [2.24, 2.45) is 0 Å². The van der Waals surface area contributed by atoms with Gasteiger partial charge < -0.3 is 20.1 Å². The van der Waals surface area contributed by atoms with Gasteiger partial charge in [-0.05, 0) is 84.6 Å². The van der Waals surface area contributed by atoms with E-state index in [1.165, 1.54) is 0 Å². The lowest BCUT2D eigenvalue weighted by Gasteiger charge is -2.29. The van der Waals surface area contributed by atoms with Gasteiger partial charge in [0.2, 0.25) is 11.1 Å². The average molecular weight is 718 g/mol. The fraction of sp³-hybridized carbons (Fsp3) is 0.281.